The van der Waals surface area contributed by atoms with Crippen LogP contribution in [0.25, 0.3) is 5.76 Å². The molecule has 1 fully saturated rings. The van der Waals surface area contributed by atoms with Crippen LogP contribution < -0.4 is 9.64 Å². The molecule has 1 amide bonds. The number of amides is 1. The molecule has 0 radical (unpaired) electrons. The lowest BCUT2D eigenvalue weighted by Crippen LogP contribution is -2.29. The summed E-state index contributed by atoms with van der Waals surface area (Å²) >= 11 is 0. The van der Waals surface area contributed by atoms with Crippen molar-refractivity contribution in [3.8, 4) is 5.75 Å². The van der Waals surface area contributed by atoms with Crippen LogP contribution in [-0.2, 0) is 9.59 Å². The lowest BCUT2D eigenvalue weighted by molar-refractivity contribution is -0.132. The molecular formula is C24H21FN2O5. The molecule has 1 saturated heterocycles. The first-order chi connectivity index (χ1) is 15.4. The number of aliphatic hydroxyl groups excluding tert-OH is 1. The monoisotopic (exact) mass is 436 g/mol. The van der Waals surface area contributed by atoms with Gasteiger partial charge in [-0.1, -0.05) is 24.2 Å². The third kappa shape index (κ3) is 3.87. The van der Waals surface area contributed by atoms with Crippen molar-refractivity contribution in [2.24, 2.45) is 0 Å². The number of hydrogen-bond donors (Lipinski definition) is 1. The zero-order valence-corrected chi connectivity index (χ0v) is 17.5. The van der Waals surface area contributed by atoms with Crippen LogP contribution in [0.15, 0.2) is 64.7 Å². The molecule has 2 heterocycles. The van der Waals surface area contributed by atoms with Gasteiger partial charge in [0, 0.05) is 11.6 Å². The van der Waals surface area contributed by atoms with E-state index in [1.807, 2.05) is 6.92 Å². The maximum Gasteiger partial charge on any atom is 0.301 e. The zero-order valence-electron chi connectivity index (χ0n) is 17.5. The number of rotatable bonds is 6. The van der Waals surface area contributed by atoms with Crippen LogP contribution in [0.3, 0.4) is 0 Å². The summed E-state index contributed by atoms with van der Waals surface area (Å²) < 4.78 is 24.1. The maximum atomic E-state index is 13.4. The summed E-state index contributed by atoms with van der Waals surface area (Å²) in [6.45, 7) is 4.22. The molecule has 2 aromatic carbocycles. The van der Waals surface area contributed by atoms with Gasteiger partial charge in [-0.25, -0.2) is 4.39 Å². The minimum atomic E-state index is -0.954. The zero-order chi connectivity index (χ0) is 22.8. The van der Waals surface area contributed by atoms with Gasteiger partial charge in [0.05, 0.1) is 18.2 Å². The summed E-state index contributed by atoms with van der Waals surface area (Å²) in [5.74, 6) is -1.35. The van der Waals surface area contributed by atoms with E-state index in [1.165, 1.54) is 35.2 Å². The van der Waals surface area contributed by atoms with Crippen molar-refractivity contribution in [1.29, 1.82) is 0 Å². The number of Topliss-reactive ketones (excluding diaryl/α,β-unsaturated/α-hetero) is 1. The first-order valence-corrected chi connectivity index (χ1v) is 10.1. The number of halogens is 1. The van der Waals surface area contributed by atoms with Crippen LogP contribution in [-0.4, -0.2) is 28.6 Å². The number of carbonyl (C=O) groups is 2. The molecule has 4 rings (SSSR count). The average Bonchev–Trinajstić information content (AvgIpc) is 3.33. The lowest BCUT2D eigenvalue weighted by Gasteiger charge is -2.23. The number of hydrogen-bond acceptors (Lipinski definition) is 6. The standard InChI is InChI=1S/C24H21FN2O5/c1-3-12-31-18-10-6-15(7-11-18)21-20(22(28)16-4-8-17(25)9-5-16)23(29)24(30)27(21)19-13-14(2)32-26-19/h4-11,13,21,28H,3,12H2,1-2H3/t21-/m0/s1. The molecule has 1 atom stereocenters. The average molecular weight is 436 g/mol. The highest BCUT2D eigenvalue weighted by atomic mass is 19.1. The van der Waals surface area contributed by atoms with Gasteiger partial charge in [-0.2, -0.15) is 0 Å². The molecule has 8 heteroatoms. The lowest BCUT2D eigenvalue weighted by atomic mass is 9.95. The SMILES string of the molecule is CCCOc1ccc([C@H]2C(=C(O)c3ccc(F)cc3)C(=O)C(=O)N2c2cc(C)on2)cc1. The Hall–Kier alpha value is -3.94. The van der Waals surface area contributed by atoms with Gasteiger partial charge < -0.3 is 14.4 Å². The molecule has 32 heavy (non-hydrogen) atoms. The van der Waals surface area contributed by atoms with Crippen LogP contribution in [0.5, 0.6) is 5.75 Å². The Labute approximate surface area is 183 Å². The number of carbonyl (C=O) groups excluding carboxylic acids is 2. The number of aryl methyl sites for hydroxylation is 1. The summed E-state index contributed by atoms with van der Waals surface area (Å²) in [7, 11) is 0. The van der Waals surface area contributed by atoms with Crippen molar-refractivity contribution in [2.45, 2.75) is 26.3 Å². The van der Waals surface area contributed by atoms with Crippen LogP contribution >= 0.6 is 0 Å². The Bertz CT molecular complexity index is 1180. The Morgan fingerprint density at radius 3 is 2.44 bits per heavy atom. The van der Waals surface area contributed by atoms with Crippen molar-refractivity contribution < 1.29 is 28.3 Å². The number of benzene rings is 2. The molecule has 0 spiro atoms. The number of aliphatic hydroxyl groups is 1. The molecule has 0 bridgehead atoms. The molecular weight excluding hydrogens is 415 g/mol. The number of aromatic nitrogens is 1. The van der Waals surface area contributed by atoms with Crippen molar-refractivity contribution in [2.75, 3.05) is 11.5 Å². The van der Waals surface area contributed by atoms with Crippen LogP contribution in [0.1, 0.15) is 36.3 Å². The minimum absolute atomic E-state index is 0.121. The van der Waals surface area contributed by atoms with Crippen LogP contribution in [0.2, 0.25) is 0 Å². The Morgan fingerprint density at radius 2 is 1.84 bits per heavy atom. The summed E-state index contributed by atoms with van der Waals surface area (Å²) in [5.41, 5.74) is 0.662. The summed E-state index contributed by atoms with van der Waals surface area (Å²) in [6.07, 6.45) is 0.852. The van der Waals surface area contributed by atoms with E-state index < -0.39 is 29.3 Å². The van der Waals surface area contributed by atoms with Gasteiger partial charge in [-0.3, -0.25) is 14.5 Å². The van der Waals surface area contributed by atoms with E-state index in [4.69, 9.17) is 9.26 Å². The quantitative estimate of drug-likeness (QED) is 0.347. The highest BCUT2D eigenvalue weighted by Gasteiger charge is 2.48. The third-order valence-electron chi connectivity index (χ3n) is 5.09. The van der Waals surface area contributed by atoms with E-state index in [9.17, 15) is 19.1 Å². The Balaban J connectivity index is 1.85. The van der Waals surface area contributed by atoms with Crippen LogP contribution in [0.4, 0.5) is 10.2 Å². The smallest absolute Gasteiger partial charge is 0.301 e. The normalized spacial score (nSPS) is 17.7. The van der Waals surface area contributed by atoms with Crippen molar-refractivity contribution in [3.63, 3.8) is 0 Å². The van der Waals surface area contributed by atoms with Gasteiger partial charge in [0.15, 0.2) is 5.82 Å². The number of anilines is 1. The fraction of sp³-hybridized carbons (Fsp3) is 0.208. The second-order valence-electron chi connectivity index (χ2n) is 7.39. The van der Waals surface area contributed by atoms with Crippen molar-refractivity contribution in [3.05, 3.63) is 82.9 Å². The molecule has 0 unspecified atom stereocenters. The molecule has 0 aliphatic carbocycles. The molecule has 164 valence electrons. The fourth-order valence-electron chi connectivity index (χ4n) is 3.58. The highest BCUT2D eigenvalue weighted by molar-refractivity contribution is 6.51. The summed E-state index contributed by atoms with van der Waals surface area (Å²) in [5, 5.41) is 14.9. The molecule has 3 aromatic rings. The largest absolute Gasteiger partial charge is 0.507 e. The van der Waals surface area contributed by atoms with Gasteiger partial charge >= 0.3 is 5.91 Å². The van der Waals surface area contributed by atoms with E-state index in [1.54, 1.807) is 31.2 Å². The van der Waals surface area contributed by atoms with E-state index in [0.29, 0.717) is 23.7 Å². The van der Waals surface area contributed by atoms with Gasteiger partial charge in [0.2, 0.25) is 0 Å². The molecule has 1 aliphatic rings. The predicted molar refractivity (Wildman–Crippen MR) is 115 cm³/mol. The molecule has 0 saturated carbocycles. The Morgan fingerprint density at radius 1 is 1.16 bits per heavy atom. The number of ether oxygens (including phenoxy) is 1. The molecule has 1 N–H and O–H groups in total. The van der Waals surface area contributed by atoms with Crippen LogP contribution in [0, 0.1) is 12.7 Å². The highest BCUT2D eigenvalue weighted by Crippen LogP contribution is 2.42. The first-order valence-electron chi connectivity index (χ1n) is 10.1. The summed E-state index contributed by atoms with van der Waals surface area (Å²) in [4.78, 5) is 27.2. The third-order valence-corrected chi connectivity index (χ3v) is 5.09. The van der Waals surface area contributed by atoms with Gasteiger partial charge in [0.1, 0.15) is 23.1 Å². The first kappa shape index (κ1) is 21.3. The van der Waals surface area contributed by atoms with Crippen molar-refractivity contribution >= 4 is 23.3 Å². The minimum Gasteiger partial charge on any atom is -0.507 e. The topological polar surface area (TPSA) is 92.9 Å². The van der Waals surface area contributed by atoms with Gasteiger partial charge in [-0.05, 0) is 55.3 Å². The van der Waals surface area contributed by atoms with Gasteiger partial charge in [-0.15, -0.1) is 0 Å². The van der Waals surface area contributed by atoms with E-state index >= 15 is 0 Å². The molecule has 7 nitrogen and oxygen atoms in total. The summed E-state index contributed by atoms with van der Waals surface area (Å²) in [6, 6.07) is 12.5. The second kappa shape index (κ2) is 8.66. The van der Waals surface area contributed by atoms with E-state index in [-0.39, 0.29) is 17.0 Å². The van der Waals surface area contributed by atoms with Gasteiger partial charge in [0.25, 0.3) is 5.78 Å². The predicted octanol–water partition coefficient (Wildman–Crippen LogP) is 4.54. The number of nitrogens with zero attached hydrogens (tertiary/aromatic N) is 2. The van der Waals surface area contributed by atoms with E-state index in [2.05, 4.69) is 5.16 Å². The maximum absolute atomic E-state index is 13.4. The second-order valence-corrected chi connectivity index (χ2v) is 7.39. The number of ketones is 1. The fourth-order valence-corrected chi connectivity index (χ4v) is 3.58. The van der Waals surface area contributed by atoms with Crippen molar-refractivity contribution in [1.82, 2.24) is 5.16 Å². The molecule has 1 aliphatic heterocycles. The van der Waals surface area contributed by atoms with E-state index in [0.717, 1.165) is 6.42 Å². The molecule has 1 aromatic heterocycles. The Kier molecular flexibility index (Phi) is 5.77.